The summed E-state index contributed by atoms with van der Waals surface area (Å²) in [6.07, 6.45) is -1.64. The van der Waals surface area contributed by atoms with E-state index in [0.717, 1.165) is 0 Å². The molecule has 19 heavy (non-hydrogen) atoms. The lowest BCUT2D eigenvalue weighted by atomic mass is 9.75. The summed E-state index contributed by atoms with van der Waals surface area (Å²) in [6.45, 7) is 0. The molecule has 0 bridgehead atoms. The highest BCUT2D eigenvalue weighted by Gasteiger charge is 2.44. The van der Waals surface area contributed by atoms with Crippen molar-refractivity contribution >= 4 is 23.6 Å². The number of nitrogen functional groups attached to an aromatic ring is 1. The van der Waals surface area contributed by atoms with Gasteiger partial charge in [-0.15, -0.1) is 0 Å². The molecule has 0 amide bonds. The molecule has 0 aliphatic carbocycles. The fourth-order valence-electron chi connectivity index (χ4n) is 1.86. The van der Waals surface area contributed by atoms with Gasteiger partial charge in [-0.25, -0.2) is 0 Å². The Kier molecular flexibility index (Phi) is 4.11. The first-order valence-corrected chi connectivity index (χ1v) is 5.31. The molecule has 0 unspecified atom stereocenters. The maximum Gasteiger partial charge on any atom is 0.315 e. The molecule has 7 heteroatoms. The van der Waals surface area contributed by atoms with Gasteiger partial charge in [0.25, 0.3) is 0 Å². The smallest absolute Gasteiger partial charge is 0.315 e. The number of hydrogen-bond acceptors (Lipinski definition) is 4. The predicted molar refractivity (Wildman–Crippen MR) is 64.7 cm³/mol. The minimum atomic E-state index is -2.01. The Hall–Kier alpha value is -2.57. The highest BCUT2D eigenvalue weighted by Crippen LogP contribution is 2.33. The van der Waals surface area contributed by atoms with Crippen molar-refractivity contribution in [3.63, 3.8) is 0 Å². The maximum atomic E-state index is 11.4. The van der Waals surface area contributed by atoms with Crippen molar-refractivity contribution in [3.05, 3.63) is 29.8 Å². The van der Waals surface area contributed by atoms with Crippen LogP contribution < -0.4 is 5.73 Å². The summed E-state index contributed by atoms with van der Waals surface area (Å²) in [6, 6.07) is 5.46. The van der Waals surface area contributed by atoms with Crippen LogP contribution in [0.15, 0.2) is 24.3 Å². The minimum Gasteiger partial charge on any atom is -0.481 e. The van der Waals surface area contributed by atoms with Gasteiger partial charge >= 0.3 is 17.9 Å². The zero-order valence-corrected chi connectivity index (χ0v) is 9.87. The van der Waals surface area contributed by atoms with Crippen LogP contribution in [0.1, 0.15) is 18.4 Å². The first-order chi connectivity index (χ1) is 8.78. The molecule has 0 aliphatic rings. The second-order valence-electron chi connectivity index (χ2n) is 4.15. The number of nitrogens with two attached hydrogens (primary N) is 1. The maximum absolute atomic E-state index is 11.4. The van der Waals surface area contributed by atoms with E-state index >= 15 is 0 Å². The molecule has 0 saturated heterocycles. The number of benzene rings is 1. The third-order valence-electron chi connectivity index (χ3n) is 2.78. The van der Waals surface area contributed by atoms with E-state index < -0.39 is 36.2 Å². The van der Waals surface area contributed by atoms with E-state index in [1.165, 1.54) is 24.3 Å². The van der Waals surface area contributed by atoms with Gasteiger partial charge in [0.05, 0.1) is 12.8 Å². The molecular weight excluding hydrogens is 254 g/mol. The van der Waals surface area contributed by atoms with E-state index in [4.69, 9.17) is 15.9 Å². The average molecular weight is 267 g/mol. The van der Waals surface area contributed by atoms with E-state index in [1.807, 2.05) is 0 Å². The molecule has 0 atom stereocenters. The van der Waals surface area contributed by atoms with Gasteiger partial charge < -0.3 is 21.1 Å². The van der Waals surface area contributed by atoms with E-state index in [0.29, 0.717) is 5.69 Å². The SMILES string of the molecule is Nc1ccc(C(CC(=O)O)(CC(=O)O)C(=O)O)cc1. The summed E-state index contributed by atoms with van der Waals surface area (Å²) in [5, 5.41) is 27.0. The Morgan fingerprint density at radius 3 is 1.68 bits per heavy atom. The molecule has 0 radical (unpaired) electrons. The summed E-state index contributed by atoms with van der Waals surface area (Å²) in [7, 11) is 0. The minimum absolute atomic E-state index is 0.0963. The Labute approximate surface area is 108 Å². The second kappa shape index (κ2) is 5.38. The Balaban J connectivity index is 3.36. The van der Waals surface area contributed by atoms with Crippen molar-refractivity contribution in [1.29, 1.82) is 0 Å². The third-order valence-corrected chi connectivity index (χ3v) is 2.78. The van der Waals surface area contributed by atoms with Crippen LogP contribution in [-0.4, -0.2) is 33.2 Å². The highest BCUT2D eigenvalue weighted by molar-refractivity contribution is 5.91. The van der Waals surface area contributed by atoms with E-state index in [1.54, 1.807) is 0 Å². The summed E-state index contributed by atoms with van der Waals surface area (Å²) in [5.74, 6) is -4.27. The van der Waals surface area contributed by atoms with Crippen LogP contribution >= 0.6 is 0 Å². The largest absolute Gasteiger partial charge is 0.481 e. The van der Waals surface area contributed by atoms with E-state index in [-0.39, 0.29) is 5.56 Å². The van der Waals surface area contributed by atoms with Crippen molar-refractivity contribution in [1.82, 2.24) is 0 Å². The van der Waals surface area contributed by atoms with E-state index in [9.17, 15) is 19.5 Å². The Bertz CT molecular complexity index is 491. The quantitative estimate of drug-likeness (QED) is 0.552. The first kappa shape index (κ1) is 14.5. The van der Waals surface area contributed by atoms with Crippen molar-refractivity contribution < 1.29 is 29.7 Å². The van der Waals surface area contributed by atoms with Crippen molar-refractivity contribution in [3.8, 4) is 0 Å². The van der Waals surface area contributed by atoms with Gasteiger partial charge in [-0.1, -0.05) is 12.1 Å². The second-order valence-corrected chi connectivity index (χ2v) is 4.15. The van der Waals surface area contributed by atoms with E-state index in [2.05, 4.69) is 0 Å². The molecule has 1 aromatic rings. The molecular formula is C12H13NO6. The molecule has 7 nitrogen and oxygen atoms in total. The third kappa shape index (κ3) is 3.21. The summed E-state index contributed by atoms with van der Waals surface area (Å²) in [4.78, 5) is 33.1. The first-order valence-electron chi connectivity index (χ1n) is 5.31. The zero-order chi connectivity index (χ0) is 14.6. The lowest BCUT2D eigenvalue weighted by molar-refractivity contribution is -0.154. The number of carbonyl (C=O) groups is 3. The predicted octanol–water partition coefficient (Wildman–Crippen LogP) is 0.541. The van der Waals surface area contributed by atoms with Crippen LogP contribution in [0.5, 0.6) is 0 Å². The van der Waals surface area contributed by atoms with Gasteiger partial charge in [0, 0.05) is 5.69 Å². The van der Waals surface area contributed by atoms with Crippen molar-refractivity contribution in [2.45, 2.75) is 18.3 Å². The molecule has 5 N–H and O–H groups in total. The molecule has 0 spiro atoms. The van der Waals surface area contributed by atoms with Crippen LogP contribution in [-0.2, 0) is 19.8 Å². The molecule has 0 aliphatic heterocycles. The van der Waals surface area contributed by atoms with Crippen LogP contribution in [0.4, 0.5) is 5.69 Å². The van der Waals surface area contributed by atoms with Gasteiger partial charge in [0.2, 0.25) is 0 Å². The number of rotatable bonds is 6. The molecule has 0 saturated carbocycles. The summed E-state index contributed by atoms with van der Waals surface area (Å²) < 4.78 is 0. The van der Waals surface area contributed by atoms with Crippen molar-refractivity contribution in [2.24, 2.45) is 0 Å². The zero-order valence-electron chi connectivity index (χ0n) is 9.87. The highest BCUT2D eigenvalue weighted by atomic mass is 16.4. The molecule has 1 aromatic carbocycles. The van der Waals surface area contributed by atoms with Gasteiger partial charge in [-0.05, 0) is 17.7 Å². The van der Waals surface area contributed by atoms with Crippen LogP contribution in [0.2, 0.25) is 0 Å². The molecule has 0 fully saturated rings. The average Bonchev–Trinajstić information content (AvgIpc) is 2.27. The number of carboxylic acids is 3. The van der Waals surface area contributed by atoms with Gasteiger partial charge in [0.1, 0.15) is 5.41 Å². The monoisotopic (exact) mass is 267 g/mol. The number of aliphatic carboxylic acids is 3. The van der Waals surface area contributed by atoms with Gasteiger partial charge in [-0.3, -0.25) is 14.4 Å². The topological polar surface area (TPSA) is 138 Å². The summed E-state index contributed by atoms with van der Waals surface area (Å²) >= 11 is 0. The molecule has 102 valence electrons. The molecule has 0 aromatic heterocycles. The Morgan fingerprint density at radius 2 is 1.37 bits per heavy atom. The number of carboxylic acid groups (broad SMARTS) is 3. The molecule has 1 rings (SSSR count). The van der Waals surface area contributed by atoms with Gasteiger partial charge in [0.15, 0.2) is 0 Å². The molecule has 0 heterocycles. The van der Waals surface area contributed by atoms with Crippen molar-refractivity contribution in [2.75, 3.05) is 5.73 Å². The van der Waals surface area contributed by atoms with Crippen LogP contribution in [0.3, 0.4) is 0 Å². The lowest BCUT2D eigenvalue weighted by Crippen LogP contribution is -2.40. The number of hydrogen-bond donors (Lipinski definition) is 4. The van der Waals surface area contributed by atoms with Crippen LogP contribution in [0.25, 0.3) is 0 Å². The summed E-state index contributed by atoms with van der Waals surface area (Å²) in [5.41, 5.74) is 3.93. The number of anilines is 1. The fourth-order valence-corrected chi connectivity index (χ4v) is 1.86. The Morgan fingerprint density at radius 1 is 0.947 bits per heavy atom. The lowest BCUT2D eigenvalue weighted by Gasteiger charge is -2.26. The normalized spacial score (nSPS) is 10.9. The van der Waals surface area contributed by atoms with Gasteiger partial charge in [-0.2, -0.15) is 0 Å². The standard InChI is InChI=1S/C12H13NO6/c13-8-3-1-7(2-4-8)12(11(18)19,5-9(14)15)6-10(16)17/h1-4H,5-6,13H2,(H,14,15)(H,16,17)(H,18,19). The van der Waals surface area contributed by atoms with Crippen LogP contribution in [0, 0.1) is 0 Å². The fraction of sp³-hybridized carbons (Fsp3) is 0.250.